The van der Waals surface area contributed by atoms with Crippen LogP contribution in [0.4, 0.5) is 0 Å². The molecule has 1 aliphatic heterocycles. The summed E-state index contributed by atoms with van der Waals surface area (Å²) in [4.78, 5) is 2.48. The van der Waals surface area contributed by atoms with Crippen molar-refractivity contribution in [1.82, 2.24) is 4.90 Å². The molecule has 90 valence electrons. The van der Waals surface area contributed by atoms with Crippen LogP contribution in [0.1, 0.15) is 39.0 Å². The fourth-order valence-electron chi connectivity index (χ4n) is 2.12. The summed E-state index contributed by atoms with van der Waals surface area (Å²) < 4.78 is 5.36. The predicted octanol–water partition coefficient (Wildman–Crippen LogP) is 1.61. The number of nitrogens with zero attached hydrogens (tertiary/aromatic N) is 1. The summed E-state index contributed by atoms with van der Waals surface area (Å²) >= 11 is 0. The first-order valence-corrected chi connectivity index (χ1v) is 6.27. The van der Waals surface area contributed by atoms with Crippen LogP contribution in [0.25, 0.3) is 0 Å². The molecule has 0 radical (unpaired) electrons. The first-order chi connectivity index (χ1) is 7.24. The molecule has 0 aromatic rings. The van der Waals surface area contributed by atoms with Gasteiger partial charge in [-0.05, 0) is 45.7 Å². The van der Waals surface area contributed by atoms with Crippen LogP contribution in [-0.2, 0) is 4.74 Å². The molecule has 2 N–H and O–H groups in total. The van der Waals surface area contributed by atoms with Gasteiger partial charge in [-0.15, -0.1) is 0 Å². The zero-order valence-corrected chi connectivity index (χ0v) is 10.2. The van der Waals surface area contributed by atoms with Gasteiger partial charge in [0.2, 0.25) is 0 Å². The Hall–Kier alpha value is -0.120. The second kappa shape index (κ2) is 7.20. The van der Waals surface area contributed by atoms with E-state index in [1.54, 1.807) is 0 Å². The average molecular weight is 214 g/mol. The fourth-order valence-corrected chi connectivity index (χ4v) is 2.12. The lowest BCUT2D eigenvalue weighted by Gasteiger charge is -2.31. The lowest BCUT2D eigenvalue weighted by molar-refractivity contribution is 0.0425. The summed E-state index contributed by atoms with van der Waals surface area (Å²) in [5, 5.41) is 0. The highest BCUT2D eigenvalue weighted by molar-refractivity contribution is 4.72. The van der Waals surface area contributed by atoms with Crippen LogP contribution >= 0.6 is 0 Å². The number of ether oxygens (including phenoxy) is 1. The average Bonchev–Trinajstić information content (AvgIpc) is 2.29. The van der Waals surface area contributed by atoms with Crippen LogP contribution in [-0.4, -0.2) is 43.8 Å². The molecule has 0 amide bonds. The molecular formula is C12H26N2O. The molecule has 0 bridgehead atoms. The van der Waals surface area contributed by atoms with Gasteiger partial charge in [0.15, 0.2) is 0 Å². The van der Waals surface area contributed by atoms with Crippen molar-refractivity contribution in [2.24, 2.45) is 5.73 Å². The highest BCUT2D eigenvalue weighted by Crippen LogP contribution is 2.13. The normalized spacial score (nSPS) is 20.8. The molecule has 0 aromatic heterocycles. The van der Waals surface area contributed by atoms with Gasteiger partial charge in [0.05, 0.1) is 0 Å². The summed E-state index contributed by atoms with van der Waals surface area (Å²) in [6.45, 7) is 5.21. The fraction of sp³-hybridized carbons (Fsp3) is 1.00. The summed E-state index contributed by atoms with van der Waals surface area (Å²) in [5.74, 6) is 0. The second-order valence-corrected chi connectivity index (χ2v) is 4.63. The van der Waals surface area contributed by atoms with E-state index in [-0.39, 0.29) is 0 Å². The van der Waals surface area contributed by atoms with Crippen LogP contribution in [0.2, 0.25) is 0 Å². The molecule has 1 aliphatic rings. The van der Waals surface area contributed by atoms with Crippen molar-refractivity contribution in [2.45, 2.75) is 51.1 Å². The lowest BCUT2D eigenvalue weighted by atomic mass is 10.1. The van der Waals surface area contributed by atoms with Gasteiger partial charge < -0.3 is 15.4 Å². The van der Waals surface area contributed by atoms with Gasteiger partial charge in [-0.2, -0.15) is 0 Å². The smallest absolute Gasteiger partial charge is 0.0480 e. The van der Waals surface area contributed by atoms with Crippen molar-refractivity contribution >= 4 is 0 Å². The highest BCUT2D eigenvalue weighted by Gasteiger charge is 2.17. The summed E-state index contributed by atoms with van der Waals surface area (Å²) in [7, 11) is 2.23. The van der Waals surface area contributed by atoms with E-state index >= 15 is 0 Å². The van der Waals surface area contributed by atoms with E-state index in [2.05, 4.69) is 18.9 Å². The van der Waals surface area contributed by atoms with Crippen LogP contribution < -0.4 is 5.73 Å². The predicted molar refractivity (Wildman–Crippen MR) is 64.0 cm³/mol. The minimum atomic E-state index is 0.396. The SMILES string of the molecule is CCC(N)CCCN(C)C1CCOCC1. The maximum atomic E-state index is 5.90. The molecule has 1 atom stereocenters. The summed E-state index contributed by atoms with van der Waals surface area (Å²) in [5.41, 5.74) is 5.90. The maximum absolute atomic E-state index is 5.90. The highest BCUT2D eigenvalue weighted by atomic mass is 16.5. The zero-order valence-electron chi connectivity index (χ0n) is 10.2. The monoisotopic (exact) mass is 214 g/mol. The molecule has 1 rings (SSSR count). The van der Waals surface area contributed by atoms with Crippen molar-refractivity contribution in [3.05, 3.63) is 0 Å². The van der Waals surface area contributed by atoms with E-state index in [1.807, 2.05) is 0 Å². The van der Waals surface area contributed by atoms with E-state index in [4.69, 9.17) is 10.5 Å². The number of hydrogen-bond acceptors (Lipinski definition) is 3. The van der Waals surface area contributed by atoms with E-state index in [1.165, 1.54) is 25.8 Å². The largest absolute Gasteiger partial charge is 0.381 e. The van der Waals surface area contributed by atoms with E-state index in [9.17, 15) is 0 Å². The van der Waals surface area contributed by atoms with Crippen LogP contribution in [0.5, 0.6) is 0 Å². The van der Waals surface area contributed by atoms with Gasteiger partial charge in [-0.25, -0.2) is 0 Å². The van der Waals surface area contributed by atoms with Crippen molar-refractivity contribution in [3.63, 3.8) is 0 Å². The molecule has 0 spiro atoms. The van der Waals surface area contributed by atoms with E-state index < -0.39 is 0 Å². The van der Waals surface area contributed by atoms with Crippen molar-refractivity contribution in [2.75, 3.05) is 26.8 Å². The van der Waals surface area contributed by atoms with Gasteiger partial charge >= 0.3 is 0 Å². The molecule has 3 heteroatoms. The summed E-state index contributed by atoms with van der Waals surface area (Å²) in [6.07, 6.45) is 5.86. The molecule has 1 saturated heterocycles. The van der Waals surface area contributed by atoms with Gasteiger partial charge in [0.25, 0.3) is 0 Å². The number of rotatable bonds is 6. The Balaban J connectivity index is 2.09. The third-order valence-corrected chi connectivity index (χ3v) is 3.42. The van der Waals surface area contributed by atoms with Crippen molar-refractivity contribution in [3.8, 4) is 0 Å². The topological polar surface area (TPSA) is 38.5 Å². The third-order valence-electron chi connectivity index (χ3n) is 3.42. The molecule has 0 aromatic carbocycles. The Morgan fingerprint density at radius 2 is 2.07 bits per heavy atom. The second-order valence-electron chi connectivity index (χ2n) is 4.63. The lowest BCUT2D eigenvalue weighted by Crippen LogP contribution is -2.37. The molecule has 1 fully saturated rings. The molecule has 3 nitrogen and oxygen atoms in total. The Bertz CT molecular complexity index is 158. The maximum Gasteiger partial charge on any atom is 0.0480 e. The first-order valence-electron chi connectivity index (χ1n) is 6.27. The van der Waals surface area contributed by atoms with Gasteiger partial charge in [-0.3, -0.25) is 0 Å². The van der Waals surface area contributed by atoms with Crippen molar-refractivity contribution < 1.29 is 4.74 Å². The molecule has 1 heterocycles. The van der Waals surface area contributed by atoms with Crippen LogP contribution in [0.3, 0.4) is 0 Å². The van der Waals surface area contributed by atoms with Crippen LogP contribution in [0, 0.1) is 0 Å². The van der Waals surface area contributed by atoms with Gasteiger partial charge in [0.1, 0.15) is 0 Å². The molecule has 15 heavy (non-hydrogen) atoms. The molecule has 0 saturated carbocycles. The van der Waals surface area contributed by atoms with Crippen molar-refractivity contribution in [1.29, 1.82) is 0 Å². The number of nitrogens with two attached hydrogens (primary N) is 1. The molecular weight excluding hydrogens is 188 g/mol. The Morgan fingerprint density at radius 1 is 1.40 bits per heavy atom. The van der Waals surface area contributed by atoms with E-state index in [0.717, 1.165) is 32.1 Å². The third kappa shape index (κ3) is 4.96. The number of hydrogen-bond donors (Lipinski definition) is 1. The first kappa shape index (κ1) is 12.9. The standard InChI is InChI=1S/C12H26N2O/c1-3-11(13)5-4-8-14(2)12-6-9-15-10-7-12/h11-12H,3-10,13H2,1-2H3. The zero-order chi connectivity index (χ0) is 11.1. The Morgan fingerprint density at radius 3 is 2.67 bits per heavy atom. The minimum absolute atomic E-state index is 0.396. The minimum Gasteiger partial charge on any atom is -0.381 e. The quantitative estimate of drug-likeness (QED) is 0.730. The van der Waals surface area contributed by atoms with Crippen LogP contribution in [0.15, 0.2) is 0 Å². The van der Waals surface area contributed by atoms with Gasteiger partial charge in [0, 0.05) is 25.3 Å². The molecule has 1 unspecified atom stereocenters. The van der Waals surface area contributed by atoms with E-state index in [0.29, 0.717) is 6.04 Å². The Kier molecular flexibility index (Phi) is 6.22. The van der Waals surface area contributed by atoms with Gasteiger partial charge in [-0.1, -0.05) is 6.92 Å². The molecule has 0 aliphatic carbocycles. The Labute approximate surface area is 94.0 Å². The summed E-state index contributed by atoms with van der Waals surface area (Å²) in [6, 6.07) is 1.13.